The predicted molar refractivity (Wildman–Crippen MR) is 93.4 cm³/mol. The third-order valence-corrected chi connectivity index (χ3v) is 4.65. The number of hydrogen-bond acceptors (Lipinski definition) is 5. The maximum absolute atomic E-state index is 12.5. The quantitative estimate of drug-likeness (QED) is 0.728. The second-order valence-electron chi connectivity index (χ2n) is 6.51. The van der Waals surface area contributed by atoms with Crippen molar-refractivity contribution in [2.45, 2.75) is 12.8 Å². The number of aliphatic hydroxyl groups is 1. The van der Waals surface area contributed by atoms with Crippen LogP contribution in [0.5, 0.6) is 5.75 Å². The SMILES string of the molecule is OCC1CCN(c2cc(-c3n[nH]c4ccc(OC(F)(F)F)cc34)ccn2)C1. The summed E-state index contributed by atoms with van der Waals surface area (Å²) in [7, 11) is 0. The van der Waals surface area contributed by atoms with Gasteiger partial charge in [-0.3, -0.25) is 5.10 Å². The molecule has 0 saturated carbocycles. The number of aromatic nitrogens is 3. The van der Waals surface area contributed by atoms with E-state index in [4.69, 9.17) is 0 Å². The fourth-order valence-corrected chi connectivity index (χ4v) is 3.34. The van der Waals surface area contributed by atoms with Crippen molar-refractivity contribution < 1.29 is 23.0 Å². The molecule has 1 saturated heterocycles. The Bertz CT molecular complexity index is 957. The smallest absolute Gasteiger partial charge is 0.406 e. The Hall–Kier alpha value is -2.81. The number of nitrogens with one attached hydrogen (secondary N) is 1. The standard InChI is InChI=1S/C18H17F3N4O2/c19-18(20,21)27-13-1-2-15-14(8-13)17(24-23-15)12-3-5-22-16(7-12)25-6-4-11(9-25)10-26/h1-3,5,7-8,11,26H,4,6,9-10H2,(H,23,24). The van der Waals surface area contributed by atoms with Crippen molar-refractivity contribution in [2.24, 2.45) is 5.92 Å². The molecule has 3 aromatic rings. The molecule has 4 rings (SSSR count). The number of hydrogen-bond donors (Lipinski definition) is 2. The van der Waals surface area contributed by atoms with E-state index in [0.29, 0.717) is 16.6 Å². The van der Waals surface area contributed by atoms with Gasteiger partial charge in [-0.2, -0.15) is 5.10 Å². The van der Waals surface area contributed by atoms with Crippen LogP contribution in [-0.2, 0) is 0 Å². The molecular formula is C18H17F3N4O2. The van der Waals surface area contributed by atoms with Crippen LogP contribution >= 0.6 is 0 Å². The van der Waals surface area contributed by atoms with Gasteiger partial charge in [-0.15, -0.1) is 13.2 Å². The second-order valence-corrected chi connectivity index (χ2v) is 6.51. The highest BCUT2D eigenvalue weighted by Gasteiger charge is 2.31. The van der Waals surface area contributed by atoms with Crippen LogP contribution in [0.4, 0.5) is 19.0 Å². The molecule has 2 aromatic heterocycles. The van der Waals surface area contributed by atoms with Crippen molar-refractivity contribution in [1.29, 1.82) is 0 Å². The minimum atomic E-state index is -4.75. The molecule has 1 aliphatic heterocycles. The van der Waals surface area contributed by atoms with Gasteiger partial charge in [0.05, 0.1) is 5.52 Å². The largest absolute Gasteiger partial charge is 0.573 e. The topological polar surface area (TPSA) is 74.3 Å². The van der Waals surface area contributed by atoms with Crippen LogP contribution in [-0.4, -0.2) is 46.3 Å². The number of benzene rings is 1. The molecule has 0 aliphatic carbocycles. The van der Waals surface area contributed by atoms with Gasteiger partial charge in [0, 0.05) is 42.8 Å². The van der Waals surface area contributed by atoms with E-state index in [1.54, 1.807) is 12.3 Å². The van der Waals surface area contributed by atoms with Crippen LogP contribution in [0.2, 0.25) is 0 Å². The van der Waals surface area contributed by atoms with Crippen LogP contribution < -0.4 is 9.64 Å². The number of halogens is 3. The first-order valence-electron chi connectivity index (χ1n) is 8.49. The first-order chi connectivity index (χ1) is 12.9. The summed E-state index contributed by atoms with van der Waals surface area (Å²) in [4.78, 5) is 6.46. The van der Waals surface area contributed by atoms with Crippen LogP contribution in [0, 0.1) is 5.92 Å². The van der Waals surface area contributed by atoms with Gasteiger partial charge in [0.2, 0.25) is 0 Å². The van der Waals surface area contributed by atoms with E-state index in [1.165, 1.54) is 18.2 Å². The first kappa shape index (κ1) is 17.6. The summed E-state index contributed by atoms with van der Waals surface area (Å²) in [5.74, 6) is 0.684. The lowest BCUT2D eigenvalue weighted by Gasteiger charge is -2.17. The van der Waals surface area contributed by atoms with Crippen molar-refractivity contribution >= 4 is 16.7 Å². The summed E-state index contributed by atoms with van der Waals surface area (Å²) in [6, 6.07) is 7.68. The summed E-state index contributed by atoms with van der Waals surface area (Å²) < 4.78 is 41.5. The Balaban J connectivity index is 1.68. The molecule has 1 aromatic carbocycles. The Kier molecular flexibility index (Phi) is 4.39. The predicted octanol–water partition coefficient (Wildman–Crippen LogP) is 3.34. The lowest BCUT2D eigenvalue weighted by molar-refractivity contribution is -0.274. The van der Waals surface area contributed by atoms with E-state index in [9.17, 15) is 18.3 Å². The van der Waals surface area contributed by atoms with Gasteiger partial charge in [-0.05, 0) is 36.8 Å². The molecule has 0 bridgehead atoms. The molecule has 1 atom stereocenters. The molecule has 0 amide bonds. The molecule has 0 spiro atoms. The third kappa shape index (κ3) is 3.68. The summed E-state index contributed by atoms with van der Waals surface area (Å²) in [5.41, 5.74) is 1.88. The van der Waals surface area contributed by atoms with E-state index in [2.05, 4.69) is 24.8 Å². The van der Waals surface area contributed by atoms with Crippen LogP contribution in [0.25, 0.3) is 22.2 Å². The van der Waals surface area contributed by atoms with Gasteiger partial charge < -0.3 is 14.7 Å². The van der Waals surface area contributed by atoms with E-state index in [0.717, 1.165) is 30.9 Å². The molecule has 142 valence electrons. The van der Waals surface area contributed by atoms with Gasteiger partial charge in [0.25, 0.3) is 0 Å². The van der Waals surface area contributed by atoms with Gasteiger partial charge in [-0.25, -0.2) is 4.98 Å². The van der Waals surface area contributed by atoms with Crippen molar-refractivity contribution in [2.75, 3.05) is 24.6 Å². The fraction of sp³-hybridized carbons (Fsp3) is 0.333. The van der Waals surface area contributed by atoms with Crippen molar-refractivity contribution in [3.63, 3.8) is 0 Å². The van der Waals surface area contributed by atoms with Crippen molar-refractivity contribution in [3.05, 3.63) is 36.5 Å². The summed E-state index contributed by atoms with van der Waals surface area (Å²) >= 11 is 0. The molecule has 2 N–H and O–H groups in total. The van der Waals surface area contributed by atoms with Gasteiger partial charge >= 0.3 is 6.36 Å². The highest BCUT2D eigenvalue weighted by atomic mass is 19.4. The van der Waals surface area contributed by atoms with E-state index in [1.807, 2.05) is 6.07 Å². The van der Waals surface area contributed by atoms with Gasteiger partial charge in [0.15, 0.2) is 0 Å². The minimum Gasteiger partial charge on any atom is -0.406 e. The minimum absolute atomic E-state index is 0.141. The molecule has 1 unspecified atom stereocenters. The van der Waals surface area contributed by atoms with Crippen molar-refractivity contribution in [1.82, 2.24) is 15.2 Å². The maximum Gasteiger partial charge on any atom is 0.573 e. The average Bonchev–Trinajstić information content (AvgIpc) is 3.27. The Morgan fingerprint density at radius 2 is 2.11 bits per heavy atom. The number of aliphatic hydroxyl groups excluding tert-OH is 1. The van der Waals surface area contributed by atoms with Crippen molar-refractivity contribution in [3.8, 4) is 17.0 Å². The number of anilines is 1. The number of alkyl halides is 3. The Morgan fingerprint density at radius 3 is 2.85 bits per heavy atom. The Morgan fingerprint density at radius 1 is 1.26 bits per heavy atom. The molecule has 3 heterocycles. The number of nitrogens with zero attached hydrogens (tertiary/aromatic N) is 3. The zero-order chi connectivity index (χ0) is 19.0. The zero-order valence-corrected chi connectivity index (χ0v) is 14.2. The zero-order valence-electron chi connectivity index (χ0n) is 14.2. The fourth-order valence-electron chi connectivity index (χ4n) is 3.34. The van der Waals surface area contributed by atoms with Gasteiger partial charge in [0.1, 0.15) is 17.3 Å². The van der Waals surface area contributed by atoms with Crippen LogP contribution in [0.3, 0.4) is 0 Å². The number of rotatable bonds is 4. The van der Waals surface area contributed by atoms with E-state index < -0.39 is 6.36 Å². The van der Waals surface area contributed by atoms with E-state index >= 15 is 0 Å². The normalized spacial score (nSPS) is 17.6. The first-order valence-corrected chi connectivity index (χ1v) is 8.49. The molecular weight excluding hydrogens is 361 g/mol. The highest BCUT2D eigenvalue weighted by molar-refractivity contribution is 5.94. The summed E-state index contributed by atoms with van der Waals surface area (Å²) in [5, 5.41) is 16.9. The highest BCUT2D eigenvalue weighted by Crippen LogP contribution is 2.33. The van der Waals surface area contributed by atoms with Crippen LogP contribution in [0.15, 0.2) is 36.5 Å². The average molecular weight is 378 g/mol. The van der Waals surface area contributed by atoms with Crippen LogP contribution in [0.1, 0.15) is 6.42 Å². The third-order valence-electron chi connectivity index (χ3n) is 4.65. The molecule has 6 nitrogen and oxygen atoms in total. The number of ether oxygens (including phenoxy) is 1. The molecule has 0 radical (unpaired) electrons. The Labute approximate surface area is 152 Å². The molecule has 9 heteroatoms. The maximum atomic E-state index is 12.5. The number of pyridine rings is 1. The summed E-state index contributed by atoms with van der Waals surface area (Å²) in [6.45, 7) is 1.66. The number of aromatic amines is 1. The number of H-pyrrole nitrogens is 1. The van der Waals surface area contributed by atoms with E-state index in [-0.39, 0.29) is 18.3 Å². The monoisotopic (exact) mass is 378 g/mol. The molecule has 1 aliphatic rings. The second kappa shape index (κ2) is 6.73. The summed E-state index contributed by atoms with van der Waals surface area (Å²) in [6.07, 6.45) is -2.21. The lowest BCUT2D eigenvalue weighted by Crippen LogP contribution is -2.21. The van der Waals surface area contributed by atoms with Gasteiger partial charge in [-0.1, -0.05) is 0 Å². The molecule has 1 fully saturated rings. The number of fused-ring (bicyclic) bond motifs is 1. The lowest BCUT2D eigenvalue weighted by atomic mass is 10.1. The molecule has 27 heavy (non-hydrogen) atoms.